The number of allylic oxidation sites excluding steroid dienone is 1. The van der Waals surface area contributed by atoms with Crippen LogP contribution in [0.3, 0.4) is 0 Å². The van der Waals surface area contributed by atoms with E-state index in [-0.39, 0.29) is 0 Å². The molecule has 0 radical (unpaired) electrons. The molecule has 0 saturated carbocycles. The summed E-state index contributed by atoms with van der Waals surface area (Å²) in [5, 5.41) is 9.14. The lowest BCUT2D eigenvalue weighted by molar-refractivity contribution is 1.15. The summed E-state index contributed by atoms with van der Waals surface area (Å²) >= 11 is 0. The number of nitrogens with zero attached hydrogens (tertiary/aromatic N) is 2. The lowest BCUT2D eigenvalue weighted by Gasteiger charge is -2.09. The fraction of sp³-hybridized carbons (Fsp3) is 0.176. The van der Waals surface area contributed by atoms with Crippen LogP contribution in [-0.2, 0) is 0 Å². The van der Waals surface area contributed by atoms with Crippen LogP contribution in [0.1, 0.15) is 30.2 Å². The van der Waals surface area contributed by atoms with Crippen LogP contribution >= 0.6 is 0 Å². The summed E-state index contributed by atoms with van der Waals surface area (Å²) in [4.78, 5) is 4.61. The van der Waals surface area contributed by atoms with Gasteiger partial charge in [0, 0.05) is 11.3 Å². The molecule has 1 aromatic carbocycles. The zero-order valence-corrected chi connectivity index (χ0v) is 11.3. The number of aromatic nitrogens is 1. The van der Waals surface area contributed by atoms with Crippen LogP contribution < -0.4 is 0 Å². The maximum Gasteiger partial charge on any atom is 0.0998 e. The lowest BCUT2D eigenvalue weighted by atomic mass is 10.0. The van der Waals surface area contributed by atoms with E-state index in [9.17, 15) is 0 Å². The van der Waals surface area contributed by atoms with Gasteiger partial charge in [0.1, 0.15) is 0 Å². The molecule has 0 aliphatic rings. The van der Waals surface area contributed by atoms with Crippen molar-refractivity contribution in [3.63, 3.8) is 0 Å². The van der Waals surface area contributed by atoms with Crippen LogP contribution in [0.5, 0.6) is 0 Å². The van der Waals surface area contributed by atoms with E-state index in [4.69, 9.17) is 5.26 Å². The normalized spacial score (nSPS) is 9.95. The minimum atomic E-state index is 0.650. The molecule has 2 rings (SSSR count). The monoisotopic (exact) mass is 248 g/mol. The van der Waals surface area contributed by atoms with Gasteiger partial charge in [-0.3, -0.25) is 4.98 Å². The fourth-order valence-corrected chi connectivity index (χ4v) is 2.08. The third-order valence-corrected chi connectivity index (χ3v) is 3.22. The first-order valence-electron chi connectivity index (χ1n) is 6.32. The highest BCUT2D eigenvalue weighted by Gasteiger charge is 2.08. The number of nitriles is 1. The van der Waals surface area contributed by atoms with E-state index in [0.717, 1.165) is 34.5 Å². The number of hydrogen-bond donors (Lipinski definition) is 0. The van der Waals surface area contributed by atoms with Crippen LogP contribution in [0.2, 0.25) is 0 Å². The molecule has 2 nitrogen and oxygen atoms in total. The Labute approximate surface area is 114 Å². The molecule has 94 valence electrons. The van der Waals surface area contributed by atoms with Crippen LogP contribution in [-0.4, -0.2) is 4.98 Å². The van der Waals surface area contributed by atoms with E-state index in [0.29, 0.717) is 5.56 Å². The minimum absolute atomic E-state index is 0.650. The molecule has 0 aliphatic carbocycles. The van der Waals surface area contributed by atoms with Crippen molar-refractivity contribution in [1.82, 2.24) is 4.98 Å². The van der Waals surface area contributed by atoms with E-state index in [1.54, 1.807) is 0 Å². The third-order valence-electron chi connectivity index (χ3n) is 3.22. The van der Waals surface area contributed by atoms with E-state index in [1.807, 2.05) is 43.3 Å². The van der Waals surface area contributed by atoms with Crippen LogP contribution in [0, 0.1) is 18.3 Å². The predicted octanol–water partition coefficient (Wildman–Crippen LogP) is 4.35. The molecule has 0 N–H and O–H groups in total. The molecule has 1 heterocycles. The molecule has 0 spiro atoms. The molecule has 0 aliphatic heterocycles. The van der Waals surface area contributed by atoms with E-state index in [2.05, 4.69) is 24.6 Å². The van der Waals surface area contributed by atoms with Gasteiger partial charge in [-0.05, 0) is 36.6 Å². The van der Waals surface area contributed by atoms with Gasteiger partial charge in [-0.1, -0.05) is 37.8 Å². The first-order chi connectivity index (χ1) is 9.17. The Kier molecular flexibility index (Phi) is 3.77. The number of hydrogen-bond acceptors (Lipinski definition) is 2. The number of rotatable bonds is 3. The summed E-state index contributed by atoms with van der Waals surface area (Å²) in [6, 6.07) is 13.7. The summed E-state index contributed by atoms with van der Waals surface area (Å²) in [6.07, 6.45) is 0.913. The van der Waals surface area contributed by atoms with Gasteiger partial charge in [0.2, 0.25) is 0 Å². The maximum absolute atomic E-state index is 9.14. The van der Waals surface area contributed by atoms with Gasteiger partial charge >= 0.3 is 0 Å². The molecule has 2 aromatic rings. The molecule has 2 heteroatoms. The van der Waals surface area contributed by atoms with E-state index >= 15 is 0 Å². The number of pyridine rings is 1. The summed E-state index contributed by atoms with van der Waals surface area (Å²) in [5.74, 6) is 0. The Morgan fingerprint density at radius 1 is 1.26 bits per heavy atom. The number of aryl methyl sites for hydroxylation is 1. The van der Waals surface area contributed by atoms with Crippen molar-refractivity contribution in [2.45, 2.75) is 20.3 Å². The van der Waals surface area contributed by atoms with Crippen molar-refractivity contribution in [3.8, 4) is 17.3 Å². The molecule has 0 saturated heterocycles. The summed E-state index contributed by atoms with van der Waals surface area (Å²) in [5.41, 5.74) is 5.50. The highest BCUT2D eigenvalue weighted by Crippen LogP contribution is 2.25. The van der Waals surface area contributed by atoms with Gasteiger partial charge in [-0.15, -0.1) is 0 Å². The Morgan fingerprint density at radius 2 is 2.00 bits per heavy atom. The summed E-state index contributed by atoms with van der Waals surface area (Å²) in [6.45, 7) is 8.11. The maximum atomic E-state index is 9.14. The average molecular weight is 248 g/mol. The molecule has 0 fully saturated rings. The Morgan fingerprint density at radius 3 is 2.63 bits per heavy atom. The van der Waals surface area contributed by atoms with Gasteiger partial charge in [0.05, 0.1) is 17.3 Å². The molecule has 0 unspecified atom stereocenters. The smallest absolute Gasteiger partial charge is 0.0998 e. The zero-order valence-electron chi connectivity index (χ0n) is 11.3. The lowest BCUT2D eigenvalue weighted by Crippen LogP contribution is -1.95. The summed E-state index contributed by atoms with van der Waals surface area (Å²) < 4.78 is 0. The molecule has 0 atom stereocenters. The Bertz CT molecular complexity index is 663. The molecule has 1 aromatic heterocycles. The van der Waals surface area contributed by atoms with Crippen molar-refractivity contribution < 1.29 is 0 Å². The van der Waals surface area contributed by atoms with Gasteiger partial charge in [-0.2, -0.15) is 5.26 Å². The second-order valence-electron chi connectivity index (χ2n) is 4.44. The third kappa shape index (κ3) is 2.56. The fourth-order valence-electron chi connectivity index (χ4n) is 2.08. The SMILES string of the molecule is C=C(CC)c1ccc(-c2ccccc2C#N)nc1C. The van der Waals surface area contributed by atoms with Gasteiger partial charge in [-0.25, -0.2) is 0 Å². The minimum Gasteiger partial charge on any atom is -0.252 e. The van der Waals surface area contributed by atoms with Crippen molar-refractivity contribution in [2.24, 2.45) is 0 Å². The Balaban J connectivity index is 2.51. The predicted molar refractivity (Wildman–Crippen MR) is 78.5 cm³/mol. The highest BCUT2D eigenvalue weighted by molar-refractivity contribution is 5.71. The second-order valence-corrected chi connectivity index (χ2v) is 4.44. The van der Waals surface area contributed by atoms with Crippen molar-refractivity contribution in [3.05, 3.63) is 59.8 Å². The van der Waals surface area contributed by atoms with Crippen LogP contribution in [0.4, 0.5) is 0 Å². The molecule has 0 amide bonds. The Hall–Kier alpha value is -2.40. The molecule has 19 heavy (non-hydrogen) atoms. The van der Waals surface area contributed by atoms with Gasteiger partial charge < -0.3 is 0 Å². The average Bonchev–Trinajstić information content (AvgIpc) is 2.46. The van der Waals surface area contributed by atoms with E-state index in [1.165, 1.54) is 0 Å². The van der Waals surface area contributed by atoms with E-state index < -0.39 is 0 Å². The molecular weight excluding hydrogens is 232 g/mol. The first-order valence-corrected chi connectivity index (χ1v) is 6.32. The van der Waals surface area contributed by atoms with Crippen molar-refractivity contribution in [2.75, 3.05) is 0 Å². The molecule has 0 bridgehead atoms. The topological polar surface area (TPSA) is 36.7 Å². The van der Waals surface area contributed by atoms with Crippen LogP contribution in [0.25, 0.3) is 16.8 Å². The molecular formula is C17H16N2. The van der Waals surface area contributed by atoms with Crippen molar-refractivity contribution in [1.29, 1.82) is 5.26 Å². The quantitative estimate of drug-likeness (QED) is 0.809. The number of benzene rings is 1. The van der Waals surface area contributed by atoms with Gasteiger partial charge in [0.25, 0.3) is 0 Å². The largest absolute Gasteiger partial charge is 0.252 e. The zero-order chi connectivity index (χ0) is 13.8. The standard InChI is InChI=1S/C17H16N2/c1-4-12(2)15-9-10-17(19-13(15)3)16-8-6-5-7-14(16)11-18/h5-10H,2,4H2,1,3H3. The van der Waals surface area contributed by atoms with Gasteiger partial charge in [0.15, 0.2) is 0 Å². The second kappa shape index (κ2) is 5.49. The first kappa shape index (κ1) is 13.0. The summed E-state index contributed by atoms with van der Waals surface area (Å²) in [7, 11) is 0. The van der Waals surface area contributed by atoms with Crippen molar-refractivity contribution >= 4 is 5.57 Å². The van der Waals surface area contributed by atoms with Crippen LogP contribution in [0.15, 0.2) is 43.0 Å². The highest BCUT2D eigenvalue weighted by atomic mass is 14.7.